The van der Waals surface area contributed by atoms with Crippen molar-refractivity contribution in [3.63, 3.8) is 0 Å². The van der Waals surface area contributed by atoms with Gasteiger partial charge in [-0.2, -0.15) is 20.7 Å². The third kappa shape index (κ3) is 4.35. The van der Waals surface area contributed by atoms with Crippen molar-refractivity contribution >= 4 is 28.9 Å². The van der Waals surface area contributed by atoms with Crippen molar-refractivity contribution in [2.75, 3.05) is 26.2 Å². The summed E-state index contributed by atoms with van der Waals surface area (Å²) in [5, 5.41) is 19.6. The zero-order valence-corrected chi connectivity index (χ0v) is 18.1. The molecule has 33 heavy (non-hydrogen) atoms. The molecule has 0 spiro atoms. The Kier molecular flexibility index (Phi) is 5.61. The zero-order chi connectivity index (χ0) is 22.8. The van der Waals surface area contributed by atoms with E-state index in [1.54, 1.807) is 30.4 Å². The number of nitrogens with zero attached hydrogens (tertiary/aromatic N) is 5. The summed E-state index contributed by atoms with van der Waals surface area (Å²) in [6, 6.07) is 14.7. The number of hydrogen-bond acceptors (Lipinski definition) is 5. The van der Waals surface area contributed by atoms with Crippen molar-refractivity contribution < 1.29 is 9.59 Å². The summed E-state index contributed by atoms with van der Waals surface area (Å²) in [5.74, 6) is 0.856. The van der Waals surface area contributed by atoms with Crippen LogP contribution in [0, 0.1) is 23.2 Å². The van der Waals surface area contributed by atoms with E-state index in [4.69, 9.17) is 5.26 Å². The fraction of sp³-hybridized carbons (Fsp3) is 0.320. The first-order valence-corrected chi connectivity index (χ1v) is 11.2. The predicted octanol–water partition coefficient (Wildman–Crippen LogP) is 2.85. The highest BCUT2D eigenvalue weighted by Crippen LogP contribution is 2.33. The van der Waals surface area contributed by atoms with Crippen LogP contribution in [0.4, 0.5) is 0 Å². The average Bonchev–Trinajstić information content (AvgIpc) is 3.44. The Bertz CT molecular complexity index is 1240. The first-order chi connectivity index (χ1) is 16.1. The molecular weight excluding hydrogens is 416 g/mol. The van der Waals surface area contributed by atoms with E-state index >= 15 is 0 Å². The van der Waals surface area contributed by atoms with E-state index < -0.39 is 0 Å². The molecule has 3 heterocycles. The minimum Gasteiger partial charge on any atom is -0.339 e. The van der Waals surface area contributed by atoms with E-state index in [0.717, 1.165) is 37.0 Å². The maximum absolute atomic E-state index is 13.1. The molecule has 2 aliphatic heterocycles. The van der Waals surface area contributed by atoms with Crippen LogP contribution in [0.15, 0.2) is 48.5 Å². The fourth-order valence-corrected chi connectivity index (χ4v) is 4.83. The fourth-order valence-electron chi connectivity index (χ4n) is 4.83. The predicted molar refractivity (Wildman–Crippen MR) is 123 cm³/mol. The Morgan fingerprint density at radius 3 is 2.36 bits per heavy atom. The maximum Gasteiger partial charge on any atom is 0.253 e. The summed E-state index contributed by atoms with van der Waals surface area (Å²) < 4.78 is 0. The molecule has 3 aromatic rings. The minimum absolute atomic E-state index is 0.00757. The van der Waals surface area contributed by atoms with Crippen LogP contribution >= 0.6 is 0 Å². The van der Waals surface area contributed by atoms with Crippen LogP contribution in [0.2, 0.25) is 0 Å². The average molecular weight is 441 g/mol. The van der Waals surface area contributed by atoms with Gasteiger partial charge in [-0.05, 0) is 66.6 Å². The molecule has 2 aromatic carbocycles. The molecular formula is C25H24N6O2. The molecule has 0 saturated carbocycles. The molecule has 166 valence electrons. The van der Waals surface area contributed by atoms with Crippen molar-refractivity contribution in [1.29, 1.82) is 5.26 Å². The largest absolute Gasteiger partial charge is 0.339 e. The molecule has 2 unspecified atom stereocenters. The Morgan fingerprint density at radius 1 is 0.970 bits per heavy atom. The number of nitriles is 1. The Balaban J connectivity index is 1.18. The number of aromatic nitrogens is 3. The van der Waals surface area contributed by atoms with Gasteiger partial charge in [0.15, 0.2) is 0 Å². The van der Waals surface area contributed by atoms with Gasteiger partial charge in [0, 0.05) is 37.8 Å². The number of amides is 2. The van der Waals surface area contributed by atoms with E-state index in [0.29, 0.717) is 41.6 Å². The number of aromatic amines is 1. The van der Waals surface area contributed by atoms with E-state index in [9.17, 15) is 9.59 Å². The van der Waals surface area contributed by atoms with Crippen LogP contribution < -0.4 is 0 Å². The van der Waals surface area contributed by atoms with Gasteiger partial charge in [0.05, 0.1) is 11.6 Å². The van der Waals surface area contributed by atoms with Gasteiger partial charge in [0.25, 0.3) is 5.91 Å². The number of hydrogen-bond donors (Lipinski definition) is 1. The van der Waals surface area contributed by atoms with Gasteiger partial charge < -0.3 is 9.80 Å². The van der Waals surface area contributed by atoms with Gasteiger partial charge in [-0.25, -0.2) is 0 Å². The zero-order valence-electron chi connectivity index (χ0n) is 18.1. The number of fused-ring (bicyclic) bond motifs is 2. The van der Waals surface area contributed by atoms with Crippen molar-refractivity contribution in [2.45, 2.75) is 12.8 Å². The van der Waals surface area contributed by atoms with E-state index in [1.165, 1.54) is 0 Å². The van der Waals surface area contributed by atoms with Crippen LogP contribution in [0.3, 0.4) is 0 Å². The number of likely N-dealkylation sites (tertiary alicyclic amines) is 2. The molecule has 2 amide bonds. The number of H-pyrrole nitrogens is 1. The molecule has 2 aliphatic rings. The topological polar surface area (TPSA) is 106 Å². The van der Waals surface area contributed by atoms with Crippen molar-refractivity contribution in [3.05, 3.63) is 65.2 Å². The number of rotatable bonds is 3. The summed E-state index contributed by atoms with van der Waals surface area (Å²) in [4.78, 5) is 29.6. The molecule has 1 aromatic heterocycles. The minimum atomic E-state index is 0.00757. The lowest BCUT2D eigenvalue weighted by molar-refractivity contribution is -0.126. The van der Waals surface area contributed by atoms with Crippen LogP contribution in [-0.2, 0) is 4.79 Å². The standard InChI is InChI=1S/C25H24N6O2/c26-14-18-3-1-17(2-4-18)5-8-24(32)30-11-9-20-15-31(16-21(20)10-12-30)25(33)19-6-7-22-23(13-19)28-29-27-22/h1-8,13,20-21H,9-12,15-16H2,(H,27,28,29)/b8-5+. The van der Waals surface area contributed by atoms with Gasteiger partial charge in [-0.15, -0.1) is 0 Å². The monoisotopic (exact) mass is 440 g/mol. The smallest absolute Gasteiger partial charge is 0.253 e. The summed E-state index contributed by atoms with van der Waals surface area (Å²) in [7, 11) is 0. The maximum atomic E-state index is 13.1. The number of carbonyl (C=O) groups excluding carboxylic acids is 2. The third-order valence-electron chi connectivity index (χ3n) is 6.74. The highest BCUT2D eigenvalue weighted by Gasteiger charge is 2.37. The Hall–Kier alpha value is -3.99. The molecule has 2 fully saturated rings. The lowest BCUT2D eigenvalue weighted by Crippen LogP contribution is -2.33. The lowest BCUT2D eigenvalue weighted by atomic mass is 9.92. The summed E-state index contributed by atoms with van der Waals surface area (Å²) in [6.07, 6.45) is 5.19. The summed E-state index contributed by atoms with van der Waals surface area (Å²) >= 11 is 0. The van der Waals surface area contributed by atoms with Crippen molar-refractivity contribution in [3.8, 4) is 6.07 Å². The second-order valence-electron chi connectivity index (χ2n) is 8.73. The highest BCUT2D eigenvalue weighted by molar-refractivity contribution is 5.97. The molecule has 0 bridgehead atoms. The van der Waals surface area contributed by atoms with Crippen LogP contribution in [0.1, 0.15) is 34.3 Å². The van der Waals surface area contributed by atoms with E-state index in [1.807, 2.05) is 34.1 Å². The molecule has 0 radical (unpaired) electrons. The number of carbonyl (C=O) groups is 2. The van der Waals surface area contributed by atoms with Gasteiger partial charge in [-0.1, -0.05) is 12.1 Å². The van der Waals surface area contributed by atoms with Crippen LogP contribution in [0.5, 0.6) is 0 Å². The first kappa shape index (κ1) is 20.9. The quantitative estimate of drug-likeness (QED) is 0.631. The van der Waals surface area contributed by atoms with E-state index in [2.05, 4.69) is 21.5 Å². The number of benzene rings is 2. The van der Waals surface area contributed by atoms with Crippen LogP contribution in [0.25, 0.3) is 17.1 Å². The van der Waals surface area contributed by atoms with Gasteiger partial charge in [-0.3, -0.25) is 9.59 Å². The van der Waals surface area contributed by atoms with Crippen LogP contribution in [-0.4, -0.2) is 63.2 Å². The molecule has 8 heteroatoms. The third-order valence-corrected chi connectivity index (χ3v) is 6.74. The lowest BCUT2D eigenvalue weighted by Gasteiger charge is -2.21. The van der Waals surface area contributed by atoms with Gasteiger partial charge >= 0.3 is 0 Å². The van der Waals surface area contributed by atoms with Gasteiger partial charge in [0.2, 0.25) is 5.91 Å². The Morgan fingerprint density at radius 2 is 1.67 bits per heavy atom. The molecule has 8 nitrogen and oxygen atoms in total. The summed E-state index contributed by atoms with van der Waals surface area (Å²) in [5.41, 5.74) is 3.57. The van der Waals surface area contributed by atoms with Gasteiger partial charge in [0.1, 0.15) is 11.0 Å². The first-order valence-electron chi connectivity index (χ1n) is 11.2. The molecule has 2 atom stereocenters. The van der Waals surface area contributed by atoms with E-state index in [-0.39, 0.29) is 11.8 Å². The molecule has 2 saturated heterocycles. The summed E-state index contributed by atoms with van der Waals surface area (Å²) in [6.45, 7) is 2.85. The second-order valence-corrected chi connectivity index (χ2v) is 8.73. The molecule has 5 rings (SSSR count). The number of nitrogens with one attached hydrogen (secondary N) is 1. The van der Waals surface area contributed by atoms with Crippen molar-refractivity contribution in [2.24, 2.45) is 11.8 Å². The molecule has 0 aliphatic carbocycles. The second kappa shape index (κ2) is 8.87. The SMILES string of the molecule is N#Cc1ccc(/C=C/C(=O)N2CCC3CN(C(=O)c4ccc5n[nH]nc5c4)CC3CC2)cc1. The molecule has 1 N–H and O–H groups in total. The Labute approximate surface area is 191 Å². The van der Waals surface area contributed by atoms with Crippen molar-refractivity contribution in [1.82, 2.24) is 25.2 Å². The normalized spacial score (nSPS) is 20.6. The highest BCUT2D eigenvalue weighted by atomic mass is 16.2.